The molecule has 0 unspecified atom stereocenters. The number of imide groups is 1. The van der Waals surface area contributed by atoms with Crippen molar-refractivity contribution >= 4 is 11.9 Å². The number of carbonyl (C=O) groups is 2. The zero-order valence-electron chi connectivity index (χ0n) is 12.4. The summed E-state index contributed by atoms with van der Waals surface area (Å²) in [5, 5.41) is 2.48. The van der Waals surface area contributed by atoms with Crippen LogP contribution in [0.15, 0.2) is 18.2 Å². The molecule has 1 spiro atoms. The van der Waals surface area contributed by atoms with Crippen LogP contribution in [0.5, 0.6) is 5.75 Å². The molecule has 1 saturated carbocycles. The number of aryl methyl sites for hydroxylation is 1. The molecule has 0 bridgehead atoms. The number of hydrogen-bond acceptors (Lipinski definition) is 3. The highest BCUT2D eigenvalue weighted by molar-refractivity contribution is 6.07. The Kier molecular flexibility index (Phi) is 3.35. The number of rotatable bonds is 3. The predicted octanol–water partition coefficient (Wildman–Crippen LogP) is 2.37. The quantitative estimate of drug-likeness (QED) is 0.869. The topological polar surface area (TPSA) is 58.6 Å². The van der Waals surface area contributed by atoms with E-state index in [1.165, 1.54) is 0 Å². The number of nitrogens with one attached hydrogen (secondary N) is 1. The summed E-state index contributed by atoms with van der Waals surface area (Å²) < 4.78 is 5.38. The maximum Gasteiger partial charge on any atom is 0.325 e. The molecule has 3 rings (SSSR count). The molecule has 1 saturated heterocycles. The number of benzene rings is 1. The van der Waals surface area contributed by atoms with Crippen molar-refractivity contribution in [3.8, 4) is 5.75 Å². The lowest BCUT2D eigenvalue weighted by Crippen LogP contribution is -2.46. The Morgan fingerprint density at radius 2 is 2.00 bits per heavy atom. The zero-order chi connectivity index (χ0) is 15.0. The van der Waals surface area contributed by atoms with Gasteiger partial charge in [0.1, 0.15) is 11.3 Å². The Balaban J connectivity index is 1.94. The van der Waals surface area contributed by atoms with E-state index in [9.17, 15) is 9.59 Å². The monoisotopic (exact) mass is 288 g/mol. The summed E-state index contributed by atoms with van der Waals surface area (Å²) in [6.07, 6.45) is 3.47. The number of urea groups is 1. The third-order valence-corrected chi connectivity index (χ3v) is 4.60. The first-order valence-electron chi connectivity index (χ1n) is 7.33. The molecule has 1 heterocycles. The van der Waals surface area contributed by atoms with Gasteiger partial charge in [-0.15, -0.1) is 0 Å². The van der Waals surface area contributed by atoms with Crippen LogP contribution < -0.4 is 10.1 Å². The molecule has 1 N–H and O–H groups in total. The van der Waals surface area contributed by atoms with Crippen molar-refractivity contribution in [1.82, 2.24) is 10.2 Å². The molecule has 1 aliphatic carbocycles. The van der Waals surface area contributed by atoms with Gasteiger partial charge in [-0.05, 0) is 25.8 Å². The number of amides is 3. The smallest absolute Gasteiger partial charge is 0.325 e. The van der Waals surface area contributed by atoms with Crippen LogP contribution in [-0.4, -0.2) is 29.5 Å². The summed E-state index contributed by atoms with van der Waals surface area (Å²) in [5.41, 5.74) is 1.40. The van der Waals surface area contributed by atoms with E-state index in [0.717, 1.165) is 42.6 Å². The predicted molar refractivity (Wildman–Crippen MR) is 78.0 cm³/mol. The summed E-state index contributed by atoms with van der Waals surface area (Å²) >= 11 is 0. The van der Waals surface area contributed by atoms with Gasteiger partial charge >= 0.3 is 6.03 Å². The molecule has 5 heteroatoms. The first-order valence-corrected chi connectivity index (χ1v) is 7.33. The molecule has 3 amide bonds. The minimum atomic E-state index is -0.647. The van der Waals surface area contributed by atoms with E-state index in [2.05, 4.69) is 5.32 Å². The molecule has 5 nitrogen and oxygen atoms in total. The first kappa shape index (κ1) is 13.9. The molecule has 0 atom stereocenters. The highest BCUT2D eigenvalue weighted by Crippen LogP contribution is 2.40. The second kappa shape index (κ2) is 5.06. The fourth-order valence-electron chi connectivity index (χ4n) is 3.48. The van der Waals surface area contributed by atoms with Gasteiger partial charge < -0.3 is 9.64 Å². The fourth-order valence-corrected chi connectivity index (χ4v) is 3.48. The summed E-state index contributed by atoms with van der Waals surface area (Å²) in [7, 11) is 1.62. The lowest BCUT2D eigenvalue weighted by molar-refractivity contribution is -0.126. The molecule has 112 valence electrons. The lowest BCUT2D eigenvalue weighted by Gasteiger charge is -2.31. The Morgan fingerprint density at radius 1 is 1.29 bits per heavy atom. The molecule has 1 aromatic rings. The SMILES string of the molecule is COc1ccc(C)cc1CN1C(=O)NC(=O)C12CCCC2. The van der Waals surface area contributed by atoms with Gasteiger partial charge in [0.05, 0.1) is 13.7 Å². The van der Waals surface area contributed by atoms with Crippen molar-refractivity contribution in [2.45, 2.75) is 44.7 Å². The maximum atomic E-state index is 12.2. The van der Waals surface area contributed by atoms with E-state index < -0.39 is 5.54 Å². The summed E-state index contributed by atoms with van der Waals surface area (Å²) in [6.45, 7) is 2.41. The Hall–Kier alpha value is -2.04. The second-order valence-electron chi connectivity index (χ2n) is 5.90. The molecule has 0 aromatic heterocycles. The van der Waals surface area contributed by atoms with E-state index >= 15 is 0 Å². The van der Waals surface area contributed by atoms with E-state index in [0.29, 0.717) is 6.54 Å². The molecule has 21 heavy (non-hydrogen) atoms. The van der Waals surface area contributed by atoms with Crippen molar-refractivity contribution in [3.05, 3.63) is 29.3 Å². The van der Waals surface area contributed by atoms with Crippen molar-refractivity contribution in [2.75, 3.05) is 7.11 Å². The van der Waals surface area contributed by atoms with Crippen LogP contribution in [0.25, 0.3) is 0 Å². The van der Waals surface area contributed by atoms with Crippen molar-refractivity contribution in [3.63, 3.8) is 0 Å². The van der Waals surface area contributed by atoms with Crippen LogP contribution in [-0.2, 0) is 11.3 Å². The second-order valence-corrected chi connectivity index (χ2v) is 5.90. The molecule has 1 aliphatic heterocycles. The largest absolute Gasteiger partial charge is 0.496 e. The Morgan fingerprint density at radius 3 is 2.67 bits per heavy atom. The van der Waals surface area contributed by atoms with Gasteiger partial charge in [0.25, 0.3) is 5.91 Å². The summed E-state index contributed by atoms with van der Waals surface area (Å²) in [4.78, 5) is 26.1. The maximum absolute atomic E-state index is 12.2. The third kappa shape index (κ3) is 2.17. The molecule has 2 aliphatic rings. The normalized spacial score (nSPS) is 20.2. The van der Waals surface area contributed by atoms with Gasteiger partial charge in [0.2, 0.25) is 0 Å². The minimum Gasteiger partial charge on any atom is -0.496 e. The van der Waals surface area contributed by atoms with Crippen LogP contribution in [0.1, 0.15) is 36.8 Å². The minimum absolute atomic E-state index is 0.142. The van der Waals surface area contributed by atoms with Gasteiger partial charge in [-0.2, -0.15) is 0 Å². The van der Waals surface area contributed by atoms with E-state index in [4.69, 9.17) is 4.74 Å². The van der Waals surface area contributed by atoms with Crippen LogP contribution in [0.3, 0.4) is 0 Å². The van der Waals surface area contributed by atoms with E-state index in [1.54, 1.807) is 12.0 Å². The summed E-state index contributed by atoms with van der Waals surface area (Å²) in [6, 6.07) is 5.60. The average Bonchev–Trinajstić information content (AvgIpc) is 3.02. The van der Waals surface area contributed by atoms with E-state index in [-0.39, 0.29) is 11.9 Å². The van der Waals surface area contributed by atoms with Gasteiger partial charge in [0, 0.05) is 5.56 Å². The van der Waals surface area contributed by atoms with Crippen LogP contribution in [0, 0.1) is 6.92 Å². The molecule has 0 radical (unpaired) electrons. The van der Waals surface area contributed by atoms with Crippen molar-refractivity contribution in [2.24, 2.45) is 0 Å². The summed E-state index contributed by atoms with van der Waals surface area (Å²) in [5.74, 6) is 0.609. The Bertz CT molecular complexity index is 591. The van der Waals surface area contributed by atoms with E-state index in [1.807, 2.05) is 25.1 Å². The number of methoxy groups -OCH3 is 1. The lowest BCUT2D eigenvalue weighted by atomic mass is 9.95. The van der Waals surface area contributed by atoms with Gasteiger partial charge in [-0.3, -0.25) is 10.1 Å². The standard InChI is InChI=1S/C16H20N2O3/c1-11-5-6-13(21-2)12(9-11)10-18-15(20)17-14(19)16(18)7-3-4-8-16/h5-6,9H,3-4,7-8,10H2,1-2H3,(H,17,19,20). The third-order valence-electron chi connectivity index (χ3n) is 4.60. The van der Waals surface area contributed by atoms with Gasteiger partial charge in [-0.25, -0.2) is 4.79 Å². The molecular weight excluding hydrogens is 268 g/mol. The number of carbonyl (C=O) groups excluding carboxylic acids is 2. The zero-order valence-corrected chi connectivity index (χ0v) is 12.4. The number of nitrogens with zero attached hydrogens (tertiary/aromatic N) is 1. The molecular formula is C16H20N2O3. The Labute approximate surface area is 124 Å². The van der Waals surface area contributed by atoms with Gasteiger partial charge in [-0.1, -0.05) is 30.5 Å². The van der Waals surface area contributed by atoms with Gasteiger partial charge in [0.15, 0.2) is 0 Å². The van der Waals surface area contributed by atoms with Crippen LogP contribution in [0.4, 0.5) is 4.79 Å². The van der Waals surface area contributed by atoms with Crippen molar-refractivity contribution < 1.29 is 14.3 Å². The molecule has 2 fully saturated rings. The fraction of sp³-hybridized carbons (Fsp3) is 0.500. The molecule has 1 aromatic carbocycles. The highest BCUT2D eigenvalue weighted by atomic mass is 16.5. The van der Waals surface area contributed by atoms with Crippen molar-refractivity contribution in [1.29, 1.82) is 0 Å². The van der Waals surface area contributed by atoms with Crippen LogP contribution >= 0.6 is 0 Å². The first-order chi connectivity index (χ1) is 10.1. The number of hydrogen-bond donors (Lipinski definition) is 1. The van der Waals surface area contributed by atoms with Crippen LogP contribution in [0.2, 0.25) is 0 Å². The average molecular weight is 288 g/mol. The highest BCUT2D eigenvalue weighted by Gasteiger charge is 2.54. The number of ether oxygens (including phenoxy) is 1.